The SMILES string of the molecule is CC(C)CN(C)C(=O)c1ccccc1S(=O)(=O)N1CCCCC1. The highest BCUT2D eigenvalue weighted by Gasteiger charge is 2.30. The van der Waals surface area contributed by atoms with Crippen LogP contribution in [0, 0.1) is 5.92 Å². The monoisotopic (exact) mass is 338 g/mol. The first-order valence-corrected chi connectivity index (χ1v) is 9.62. The number of sulfonamides is 1. The van der Waals surface area contributed by atoms with Gasteiger partial charge in [0.1, 0.15) is 0 Å². The molecule has 1 aromatic rings. The Kier molecular flexibility index (Phi) is 5.81. The lowest BCUT2D eigenvalue weighted by molar-refractivity contribution is 0.0775. The zero-order chi connectivity index (χ0) is 17.0. The Morgan fingerprint density at radius 3 is 2.39 bits per heavy atom. The van der Waals surface area contributed by atoms with Crippen LogP contribution < -0.4 is 0 Å². The van der Waals surface area contributed by atoms with Crippen LogP contribution in [0.2, 0.25) is 0 Å². The average molecular weight is 338 g/mol. The lowest BCUT2D eigenvalue weighted by atomic mass is 10.1. The van der Waals surface area contributed by atoms with E-state index in [-0.39, 0.29) is 16.4 Å². The predicted molar refractivity (Wildman–Crippen MR) is 90.9 cm³/mol. The summed E-state index contributed by atoms with van der Waals surface area (Å²) < 4.78 is 27.3. The molecule has 0 unspecified atom stereocenters. The normalized spacial score (nSPS) is 16.5. The predicted octanol–water partition coefficient (Wildman–Crippen LogP) is 2.59. The molecule has 1 aliphatic heterocycles. The molecule has 2 rings (SSSR count). The fourth-order valence-corrected chi connectivity index (χ4v) is 4.65. The molecule has 0 radical (unpaired) electrons. The fourth-order valence-electron chi connectivity index (χ4n) is 2.95. The highest BCUT2D eigenvalue weighted by molar-refractivity contribution is 7.89. The molecule has 1 saturated heterocycles. The van der Waals surface area contributed by atoms with Crippen molar-refractivity contribution in [2.24, 2.45) is 5.92 Å². The summed E-state index contributed by atoms with van der Waals surface area (Å²) in [4.78, 5) is 14.4. The third-order valence-corrected chi connectivity index (χ3v) is 5.99. The molecular weight excluding hydrogens is 312 g/mol. The van der Waals surface area contributed by atoms with Gasteiger partial charge in [0.2, 0.25) is 10.0 Å². The minimum atomic E-state index is -3.61. The molecule has 0 N–H and O–H groups in total. The molecule has 1 aliphatic rings. The topological polar surface area (TPSA) is 57.7 Å². The smallest absolute Gasteiger partial charge is 0.254 e. The lowest BCUT2D eigenvalue weighted by Crippen LogP contribution is -2.37. The number of nitrogens with zero attached hydrogens (tertiary/aromatic N) is 2. The van der Waals surface area contributed by atoms with Crippen LogP contribution in [0.4, 0.5) is 0 Å². The van der Waals surface area contributed by atoms with Crippen molar-refractivity contribution in [1.82, 2.24) is 9.21 Å². The van der Waals surface area contributed by atoms with Crippen LogP contribution in [0.25, 0.3) is 0 Å². The zero-order valence-electron chi connectivity index (χ0n) is 14.2. The minimum absolute atomic E-state index is 0.127. The molecule has 5 nitrogen and oxygen atoms in total. The maximum absolute atomic E-state index is 12.9. The van der Waals surface area contributed by atoms with Crippen molar-refractivity contribution >= 4 is 15.9 Å². The maximum atomic E-state index is 12.9. The second-order valence-corrected chi connectivity index (χ2v) is 8.45. The van der Waals surface area contributed by atoms with Gasteiger partial charge in [-0.3, -0.25) is 4.79 Å². The second kappa shape index (κ2) is 7.45. The van der Waals surface area contributed by atoms with Crippen LogP contribution in [-0.4, -0.2) is 50.2 Å². The van der Waals surface area contributed by atoms with Gasteiger partial charge in [-0.15, -0.1) is 0 Å². The molecule has 0 aromatic heterocycles. The lowest BCUT2D eigenvalue weighted by Gasteiger charge is -2.27. The summed E-state index contributed by atoms with van der Waals surface area (Å²) in [6.45, 7) is 5.72. The molecule has 23 heavy (non-hydrogen) atoms. The average Bonchev–Trinajstić information content (AvgIpc) is 2.54. The molecule has 1 amide bonds. The number of piperidine rings is 1. The van der Waals surface area contributed by atoms with Gasteiger partial charge in [-0.25, -0.2) is 8.42 Å². The highest BCUT2D eigenvalue weighted by Crippen LogP contribution is 2.24. The molecule has 0 aliphatic carbocycles. The van der Waals surface area contributed by atoms with Crippen molar-refractivity contribution in [3.63, 3.8) is 0 Å². The molecule has 0 spiro atoms. The Labute approximate surface area is 139 Å². The number of rotatable bonds is 5. The molecule has 1 heterocycles. The molecule has 1 fully saturated rings. The molecule has 6 heteroatoms. The van der Waals surface area contributed by atoms with E-state index < -0.39 is 10.0 Å². The van der Waals surface area contributed by atoms with Crippen molar-refractivity contribution in [2.45, 2.75) is 38.0 Å². The molecule has 0 saturated carbocycles. The van der Waals surface area contributed by atoms with Crippen molar-refractivity contribution in [1.29, 1.82) is 0 Å². The van der Waals surface area contributed by atoms with Crippen molar-refractivity contribution in [2.75, 3.05) is 26.7 Å². The van der Waals surface area contributed by atoms with E-state index in [1.807, 2.05) is 13.8 Å². The van der Waals surface area contributed by atoms with Crippen LogP contribution in [0.1, 0.15) is 43.5 Å². The maximum Gasteiger partial charge on any atom is 0.254 e. The Hall–Kier alpha value is -1.40. The van der Waals surface area contributed by atoms with Crippen LogP contribution in [-0.2, 0) is 10.0 Å². The summed E-state index contributed by atoms with van der Waals surface area (Å²) in [7, 11) is -1.90. The first-order chi connectivity index (χ1) is 10.8. The summed E-state index contributed by atoms with van der Waals surface area (Å²) in [5.41, 5.74) is 0.265. The van der Waals surface area contributed by atoms with E-state index in [0.29, 0.717) is 25.6 Å². The largest absolute Gasteiger partial charge is 0.341 e. The van der Waals surface area contributed by atoms with E-state index in [1.54, 1.807) is 36.2 Å². The van der Waals surface area contributed by atoms with Gasteiger partial charge < -0.3 is 4.90 Å². The molecule has 0 bridgehead atoms. The van der Waals surface area contributed by atoms with Crippen LogP contribution in [0.5, 0.6) is 0 Å². The number of amides is 1. The summed E-state index contributed by atoms with van der Waals surface area (Å²) in [6, 6.07) is 6.54. The van der Waals surface area contributed by atoms with E-state index >= 15 is 0 Å². The van der Waals surface area contributed by atoms with Crippen molar-refractivity contribution in [3.05, 3.63) is 29.8 Å². The van der Waals surface area contributed by atoms with Gasteiger partial charge in [0.05, 0.1) is 10.5 Å². The molecule has 1 aromatic carbocycles. The van der Waals surface area contributed by atoms with Crippen LogP contribution in [0.15, 0.2) is 29.2 Å². The van der Waals surface area contributed by atoms with Crippen LogP contribution in [0.3, 0.4) is 0 Å². The first kappa shape index (κ1) is 17.9. The standard InChI is InChI=1S/C17H26N2O3S/c1-14(2)13-18(3)17(20)15-9-5-6-10-16(15)23(21,22)19-11-7-4-8-12-19/h5-6,9-10,14H,4,7-8,11-13H2,1-3H3. The zero-order valence-corrected chi connectivity index (χ0v) is 15.0. The second-order valence-electron chi connectivity index (χ2n) is 6.54. The van der Waals surface area contributed by atoms with Crippen molar-refractivity contribution < 1.29 is 13.2 Å². The van der Waals surface area contributed by atoms with E-state index in [9.17, 15) is 13.2 Å². The van der Waals surface area contributed by atoms with E-state index in [1.165, 1.54) is 4.31 Å². The Bertz CT molecular complexity index is 650. The number of carbonyl (C=O) groups excluding carboxylic acids is 1. The summed E-state index contributed by atoms with van der Waals surface area (Å²) in [5.74, 6) is 0.0877. The Morgan fingerprint density at radius 2 is 1.78 bits per heavy atom. The fraction of sp³-hybridized carbons (Fsp3) is 0.588. The van der Waals surface area contributed by atoms with E-state index in [2.05, 4.69) is 0 Å². The third-order valence-electron chi connectivity index (χ3n) is 4.04. The van der Waals surface area contributed by atoms with Gasteiger partial charge in [0, 0.05) is 26.7 Å². The van der Waals surface area contributed by atoms with Gasteiger partial charge in [-0.2, -0.15) is 4.31 Å². The Morgan fingerprint density at radius 1 is 1.17 bits per heavy atom. The minimum Gasteiger partial charge on any atom is -0.341 e. The van der Waals surface area contributed by atoms with Gasteiger partial charge in [-0.1, -0.05) is 32.4 Å². The molecule has 128 valence electrons. The third kappa shape index (κ3) is 4.12. The van der Waals surface area contributed by atoms with Crippen LogP contribution >= 0.6 is 0 Å². The number of hydrogen-bond acceptors (Lipinski definition) is 3. The number of carbonyl (C=O) groups is 1. The van der Waals surface area contributed by atoms with Gasteiger partial charge in [0.25, 0.3) is 5.91 Å². The molecular formula is C17H26N2O3S. The van der Waals surface area contributed by atoms with Gasteiger partial charge >= 0.3 is 0 Å². The summed E-state index contributed by atoms with van der Waals surface area (Å²) in [5, 5.41) is 0. The van der Waals surface area contributed by atoms with Crippen molar-refractivity contribution in [3.8, 4) is 0 Å². The number of benzene rings is 1. The quantitative estimate of drug-likeness (QED) is 0.829. The highest BCUT2D eigenvalue weighted by atomic mass is 32.2. The molecule has 0 atom stereocenters. The van der Waals surface area contributed by atoms with E-state index in [4.69, 9.17) is 0 Å². The van der Waals surface area contributed by atoms with E-state index in [0.717, 1.165) is 19.3 Å². The first-order valence-electron chi connectivity index (χ1n) is 8.18. The summed E-state index contributed by atoms with van der Waals surface area (Å²) >= 11 is 0. The number of hydrogen-bond donors (Lipinski definition) is 0. The van der Waals surface area contributed by atoms with Gasteiger partial charge in [-0.05, 0) is 30.9 Å². The van der Waals surface area contributed by atoms with Gasteiger partial charge in [0.15, 0.2) is 0 Å². The summed E-state index contributed by atoms with van der Waals surface area (Å²) in [6.07, 6.45) is 2.81. The Balaban J connectivity index is 2.35.